The van der Waals surface area contributed by atoms with E-state index >= 15 is 0 Å². The molecule has 0 radical (unpaired) electrons. The minimum atomic E-state index is -0.470. The Balaban J connectivity index is 1.99. The second-order valence-corrected chi connectivity index (χ2v) is 5.41. The molecule has 1 aromatic heterocycles. The van der Waals surface area contributed by atoms with Crippen LogP contribution in [0.1, 0.15) is 6.92 Å². The van der Waals surface area contributed by atoms with Crippen molar-refractivity contribution in [2.24, 2.45) is 0 Å². The number of hydrogen-bond donors (Lipinski definition) is 2. The molecule has 5 nitrogen and oxygen atoms in total. The molecule has 7 heteroatoms. The van der Waals surface area contributed by atoms with Gasteiger partial charge in [0.2, 0.25) is 5.91 Å². The molecule has 2 aromatic rings. The first kappa shape index (κ1) is 16.4. The zero-order valence-corrected chi connectivity index (χ0v) is 13.6. The van der Waals surface area contributed by atoms with Crippen molar-refractivity contribution in [1.82, 2.24) is 4.98 Å². The van der Waals surface area contributed by atoms with Crippen molar-refractivity contribution in [3.8, 4) is 5.75 Å². The number of carbonyl (C=O) groups excluding carboxylic acids is 1. The first-order chi connectivity index (χ1) is 10.5. The number of amides is 1. The fraction of sp³-hybridized carbons (Fsp3) is 0.200. The maximum atomic E-state index is 12.1. The predicted molar refractivity (Wildman–Crippen MR) is 89.0 cm³/mol. The van der Waals surface area contributed by atoms with E-state index in [0.29, 0.717) is 21.6 Å². The van der Waals surface area contributed by atoms with E-state index in [4.69, 9.17) is 27.9 Å². The molecule has 0 bridgehead atoms. The molecule has 1 atom stereocenters. The van der Waals surface area contributed by atoms with E-state index in [-0.39, 0.29) is 5.91 Å². The third-order valence-electron chi connectivity index (χ3n) is 2.91. The van der Waals surface area contributed by atoms with Crippen LogP contribution >= 0.6 is 23.2 Å². The second-order valence-electron chi connectivity index (χ2n) is 4.57. The molecule has 116 valence electrons. The fourth-order valence-corrected chi connectivity index (χ4v) is 2.13. The Morgan fingerprint density at radius 1 is 1.27 bits per heavy atom. The monoisotopic (exact) mass is 339 g/mol. The number of methoxy groups -OCH3 is 1. The van der Waals surface area contributed by atoms with Crippen molar-refractivity contribution in [2.45, 2.75) is 13.0 Å². The molecule has 1 aromatic carbocycles. The normalized spacial score (nSPS) is 11.6. The topological polar surface area (TPSA) is 63.2 Å². The fourth-order valence-electron chi connectivity index (χ4n) is 1.76. The maximum absolute atomic E-state index is 12.1. The molecule has 0 saturated heterocycles. The van der Waals surface area contributed by atoms with E-state index < -0.39 is 6.04 Å². The largest absolute Gasteiger partial charge is 0.495 e. The summed E-state index contributed by atoms with van der Waals surface area (Å²) in [6, 6.07) is 8.04. The summed E-state index contributed by atoms with van der Waals surface area (Å²) in [7, 11) is 1.55. The number of aromatic nitrogens is 1. The summed E-state index contributed by atoms with van der Waals surface area (Å²) in [5.41, 5.74) is 0.720. The Morgan fingerprint density at radius 2 is 2.05 bits per heavy atom. The van der Waals surface area contributed by atoms with Gasteiger partial charge in [-0.2, -0.15) is 0 Å². The molecule has 1 heterocycles. The van der Waals surface area contributed by atoms with Gasteiger partial charge >= 0.3 is 0 Å². The van der Waals surface area contributed by atoms with Gasteiger partial charge in [0.1, 0.15) is 17.6 Å². The lowest BCUT2D eigenvalue weighted by atomic mass is 10.2. The van der Waals surface area contributed by atoms with E-state index in [2.05, 4.69) is 15.6 Å². The molecule has 0 fully saturated rings. The van der Waals surface area contributed by atoms with Gasteiger partial charge in [-0.15, -0.1) is 0 Å². The predicted octanol–water partition coefficient (Wildman–Crippen LogP) is 3.84. The van der Waals surface area contributed by atoms with Gasteiger partial charge in [0, 0.05) is 11.9 Å². The number of rotatable bonds is 5. The zero-order chi connectivity index (χ0) is 16.1. The van der Waals surface area contributed by atoms with Crippen molar-refractivity contribution in [2.75, 3.05) is 17.7 Å². The number of halogens is 2. The lowest BCUT2D eigenvalue weighted by Crippen LogP contribution is -2.32. The van der Waals surface area contributed by atoms with Crippen LogP contribution in [0.25, 0.3) is 0 Å². The Labute approximate surface area is 138 Å². The van der Waals surface area contributed by atoms with Gasteiger partial charge in [0.15, 0.2) is 0 Å². The Morgan fingerprint density at radius 3 is 2.64 bits per heavy atom. The summed E-state index contributed by atoms with van der Waals surface area (Å²) < 4.78 is 5.08. The van der Waals surface area contributed by atoms with Gasteiger partial charge in [0.25, 0.3) is 0 Å². The van der Waals surface area contributed by atoms with Crippen LogP contribution in [0.5, 0.6) is 5.75 Å². The zero-order valence-electron chi connectivity index (χ0n) is 12.1. The third-order valence-corrected chi connectivity index (χ3v) is 3.43. The van der Waals surface area contributed by atoms with Crippen LogP contribution in [0, 0.1) is 0 Å². The van der Waals surface area contributed by atoms with E-state index in [1.807, 2.05) is 0 Å². The van der Waals surface area contributed by atoms with E-state index in [1.54, 1.807) is 44.4 Å². The van der Waals surface area contributed by atoms with Gasteiger partial charge in [0.05, 0.1) is 17.2 Å². The van der Waals surface area contributed by atoms with Crippen LogP contribution in [-0.2, 0) is 4.79 Å². The SMILES string of the molecule is COc1ccc(NC(C)C(=O)Nc2ccc(Cl)cn2)cc1Cl. The van der Waals surface area contributed by atoms with E-state index in [0.717, 1.165) is 5.69 Å². The maximum Gasteiger partial charge on any atom is 0.247 e. The average molecular weight is 340 g/mol. The smallest absolute Gasteiger partial charge is 0.247 e. The van der Waals surface area contributed by atoms with Crippen molar-refractivity contribution in [1.29, 1.82) is 0 Å². The van der Waals surface area contributed by atoms with E-state index in [1.165, 1.54) is 6.20 Å². The van der Waals surface area contributed by atoms with Crippen LogP contribution in [0.2, 0.25) is 10.0 Å². The van der Waals surface area contributed by atoms with Crippen molar-refractivity contribution in [3.63, 3.8) is 0 Å². The molecule has 1 unspecified atom stereocenters. The number of nitrogens with one attached hydrogen (secondary N) is 2. The molecular weight excluding hydrogens is 325 g/mol. The molecule has 0 aliphatic carbocycles. The van der Waals surface area contributed by atoms with Crippen molar-refractivity contribution >= 4 is 40.6 Å². The summed E-state index contributed by atoms with van der Waals surface area (Å²) in [4.78, 5) is 16.1. The Kier molecular flexibility index (Phi) is 5.46. The van der Waals surface area contributed by atoms with E-state index in [9.17, 15) is 4.79 Å². The first-order valence-electron chi connectivity index (χ1n) is 6.52. The second kappa shape index (κ2) is 7.33. The highest BCUT2D eigenvalue weighted by atomic mass is 35.5. The van der Waals surface area contributed by atoms with Crippen molar-refractivity contribution in [3.05, 3.63) is 46.6 Å². The number of anilines is 2. The standard InChI is InChI=1S/C15H15Cl2N3O2/c1-9(15(21)20-14-6-3-10(16)8-18-14)19-11-4-5-13(22-2)12(17)7-11/h3-9,19H,1-2H3,(H,18,20,21). The summed E-state index contributed by atoms with van der Waals surface area (Å²) in [6.07, 6.45) is 1.47. The number of nitrogens with zero attached hydrogens (tertiary/aromatic N) is 1. The molecular formula is C15H15Cl2N3O2. The van der Waals surface area contributed by atoms with Crippen molar-refractivity contribution < 1.29 is 9.53 Å². The molecule has 0 aliphatic rings. The summed E-state index contributed by atoms with van der Waals surface area (Å²) in [6.45, 7) is 1.74. The highest BCUT2D eigenvalue weighted by molar-refractivity contribution is 6.32. The number of pyridine rings is 1. The van der Waals surface area contributed by atoms with Gasteiger partial charge in [-0.25, -0.2) is 4.98 Å². The Hall–Kier alpha value is -1.98. The van der Waals surface area contributed by atoms with Crippen LogP contribution < -0.4 is 15.4 Å². The number of ether oxygens (including phenoxy) is 1. The molecule has 1 amide bonds. The average Bonchev–Trinajstić information content (AvgIpc) is 2.49. The van der Waals surface area contributed by atoms with Crippen LogP contribution in [0.3, 0.4) is 0 Å². The van der Waals surface area contributed by atoms with Gasteiger partial charge in [-0.3, -0.25) is 4.79 Å². The third kappa shape index (κ3) is 4.26. The molecule has 22 heavy (non-hydrogen) atoms. The molecule has 0 spiro atoms. The minimum absolute atomic E-state index is 0.221. The number of benzene rings is 1. The van der Waals surface area contributed by atoms with Crippen LogP contribution in [0.4, 0.5) is 11.5 Å². The van der Waals surface area contributed by atoms with Crippen LogP contribution in [-0.4, -0.2) is 24.0 Å². The van der Waals surface area contributed by atoms with Gasteiger partial charge in [-0.1, -0.05) is 23.2 Å². The highest BCUT2D eigenvalue weighted by Gasteiger charge is 2.14. The lowest BCUT2D eigenvalue weighted by Gasteiger charge is -2.15. The molecule has 0 aliphatic heterocycles. The lowest BCUT2D eigenvalue weighted by molar-refractivity contribution is -0.116. The van der Waals surface area contributed by atoms with Gasteiger partial charge < -0.3 is 15.4 Å². The molecule has 2 rings (SSSR count). The Bertz CT molecular complexity index is 662. The summed E-state index contributed by atoms with van der Waals surface area (Å²) in [5.74, 6) is 0.798. The minimum Gasteiger partial charge on any atom is -0.495 e. The van der Waals surface area contributed by atoms with Crippen LogP contribution in [0.15, 0.2) is 36.5 Å². The van der Waals surface area contributed by atoms with Gasteiger partial charge in [-0.05, 0) is 37.3 Å². The summed E-state index contributed by atoms with van der Waals surface area (Å²) in [5, 5.41) is 6.74. The quantitative estimate of drug-likeness (QED) is 0.868. The molecule has 0 saturated carbocycles. The summed E-state index contributed by atoms with van der Waals surface area (Å²) >= 11 is 11.8. The highest BCUT2D eigenvalue weighted by Crippen LogP contribution is 2.27. The first-order valence-corrected chi connectivity index (χ1v) is 7.27. The molecule has 2 N–H and O–H groups in total. The number of hydrogen-bond acceptors (Lipinski definition) is 4. The number of carbonyl (C=O) groups is 1.